The normalized spacial score (nSPS) is 17.1. The predicted molar refractivity (Wildman–Crippen MR) is 141 cm³/mol. The largest absolute Gasteiger partial charge is 0.338 e. The van der Waals surface area contributed by atoms with E-state index in [9.17, 15) is 9.59 Å². The summed E-state index contributed by atoms with van der Waals surface area (Å²) >= 11 is 0. The minimum Gasteiger partial charge on any atom is -0.338 e. The van der Waals surface area contributed by atoms with Crippen LogP contribution in [0.1, 0.15) is 46.1 Å². The molecule has 0 radical (unpaired) electrons. The number of nitrogens with zero attached hydrogens (tertiary/aromatic N) is 10. The molecular formula is C25H30N10O2. The molecule has 0 saturated carbocycles. The smallest absolute Gasteiger partial charge is 0.332 e. The first kappa shape index (κ1) is 24.5. The molecule has 1 aliphatic heterocycles. The first-order valence-corrected chi connectivity index (χ1v) is 12.4. The number of hydrogen-bond acceptors (Lipinski definition) is 9. The third-order valence-corrected chi connectivity index (χ3v) is 7.04. The van der Waals surface area contributed by atoms with Gasteiger partial charge in [-0.15, -0.1) is 0 Å². The summed E-state index contributed by atoms with van der Waals surface area (Å²) in [6.07, 6.45) is 9.65. The lowest BCUT2D eigenvalue weighted by Crippen LogP contribution is -2.38. The second-order valence-electron chi connectivity index (χ2n) is 9.36. The van der Waals surface area contributed by atoms with Gasteiger partial charge in [-0.1, -0.05) is 6.92 Å². The van der Waals surface area contributed by atoms with E-state index in [0.717, 1.165) is 35.6 Å². The first-order chi connectivity index (χ1) is 17.8. The van der Waals surface area contributed by atoms with Gasteiger partial charge in [0, 0.05) is 57.1 Å². The molecule has 0 aromatic carbocycles. The zero-order valence-electron chi connectivity index (χ0n) is 21.7. The van der Waals surface area contributed by atoms with E-state index in [0.29, 0.717) is 40.8 Å². The Hall–Kier alpha value is -4.22. The van der Waals surface area contributed by atoms with Gasteiger partial charge in [0.05, 0.1) is 17.9 Å². The fourth-order valence-corrected chi connectivity index (χ4v) is 4.80. The average molecular weight is 503 g/mol. The van der Waals surface area contributed by atoms with E-state index < -0.39 is 11.2 Å². The Morgan fingerprint density at radius 2 is 1.89 bits per heavy atom. The van der Waals surface area contributed by atoms with Crippen LogP contribution in [-0.2, 0) is 14.1 Å². The fraction of sp³-hybridized carbons (Fsp3) is 0.440. The highest BCUT2D eigenvalue weighted by Crippen LogP contribution is 2.24. The Labute approximate surface area is 213 Å². The van der Waals surface area contributed by atoms with Crippen molar-refractivity contribution >= 4 is 28.6 Å². The lowest BCUT2D eigenvalue weighted by Gasteiger charge is -2.20. The van der Waals surface area contributed by atoms with E-state index in [1.807, 2.05) is 13.8 Å². The van der Waals surface area contributed by atoms with E-state index in [1.54, 1.807) is 42.6 Å². The van der Waals surface area contributed by atoms with Crippen LogP contribution in [-0.4, -0.2) is 56.9 Å². The lowest BCUT2D eigenvalue weighted by molar-refractivity contribution is 0.679. The average Bonchev–Trinajstić information content (AvgIpc) is 3.56. The molecule has 0 spiro atoms. The highest BCUT2D eigenvalue weighted by atomic mass is 16.2. The van der Waals surface area contributed by atoms with Crippen molar-refractivity contribution in [1.82, 2.24) is 38.6 Å². The molecule has 1 saturated heterocycles. The maximum absolute atomic E-state index is 12.9. The number of imidazole rings is 1. The highest BCUT2D eigenvalue weighted by Gasteiger charge is 2.23. The molecule has 4 aromatic heterocycles. The third kappa shape index (κ3) is 4.32. The van der Waals surface area contributed by atoms with Gasteiger partial charge in [-0.2, -0.15) is 0 Å². The summed E-state index contributed by atoms with van der Waals surface area (Å²) in [5.74, 6) is 1.71. The Bertz CT molecular complexity index is 1600. The zero-order chi connectivity index (χ0) is 26.3. The highest BCUT2D eigenvalue weighted by molar-refractivity contribution is 5.91. The summed E-state index contributed by atoms with van der Waals surface area (Å²) in [6, 6.07) is 1.89. The van der Waals surface area contributed by atoms with E-state index in [2.05, 4.69) is 36.7 Å². The number of rotatable bonds is 6. The van der Waals surface area contributed by atoms with Crippen molar-refractivity contribution in [3.8, 4) is 11.4 Å². The zero-order valence-corrected chi connectivity index (χ0v) is 21.7. The number of fused-ring (bicyclic) bond motifs is 1. The van der Waals surface area contributed by atoms with Gasteiger partial charge in [0.2, 0.25) is 5.95 Å². The van der Waals surface area contributed by atoms with Crippen molar-refractivity contribution in [2.75, 3.05) is 11.4 Å². The maximum atomic E-state index is 12.9. The van der Waals surface area contributed by atoms with Crippen molar-refractivity contribution in [3.05, 3.63) is 51.8 Å². The number of anilines is 1. The van der Waals surface area contributed by atoms with Gasteiger partial charge < -0.3 is 9.47 Å². The fourth-order valence-electron chi connectivity index (χ4n) is 4.80. The van der Waals surface area contributed by atoms with E-state index in [1.165, 1.54) is 11.6 Å². The van der Waals surface area contributed by atoms with Gasteiger partial charge in [-0.05, 0) is 33.1 Å². The van der Waals surface area contributed by atoms with Crippen LogP contribution in [0.25, 0.3) is 22.6 Å². The molecule has 0 bridgehead atoms. The van der Waals surface area contributed by atoms with Gasteiger partial charge in [0.15, 0.2) is 22.8 Å². The molecule has 0 aliphatic carbocycles. The summed E-state index contributed by atoms with van der Waals surface area (Å²) < 4.78 is 4.22. The monoisotopic (exact) mass is 502 g/mol. The topological polar surface area (TPSA) is 129 Å². The summed E-state index contributed by atoms with van der Waals surface area (Å²) in [5.41, 5.74) is 1.39. The van der Waals surface area contributed by atoms with Crippen LogP contribution < -0.4 is 16.1 Å². The van der Waals surface area contributed by atoms with E-state index in [-0.39, 0.29) is 6.04 Å². The van der Waals surface area contributed by atoms with Crippen LogP contribution in [0.5, 0.6) is 0 Å². The molecule has 12 heteroatoms. The molecule has 2 unspecified atom stereocenters. The molecule has 12 nitrogen and oxygen atoms in total. The van der Waals surface area contributed by atoms with Gasteiger partial charge in [-0.3, -0.25) is 13.9 Å². The van der Waals surface area contributed by atoms with Crippen LogP contribution in [0.2, 0.25) is 0 Å². The molecule has 2 atom stereocenters. The first-order valence-electron chi connectivity index (χ1n) is 12.4. The van der Waals surface area contributed by atoms with Crippen LogP contribution in [0.4, 0.5) is 11.8 Å². The SMILES string of the molecule is CCC(=Nc1ccnc(-c2cnc(N3CCCC3C)nc2)n1)C(C)n1cnc2c1c(=O)n(C)c(=O)n2C. The molecule has 4 aromatic rings. The van der Waals surface area contributed by atoms with Gasteiger partial charge in [0.1, 0.15) is 0 Å². The molecule has 192 valence electrons. The Morgan fingerprint density at radius 3 is 2.57 bits per heavy atom. The quantitative estimate of drug-likeness (QED) is 0.368. The van der Waals surface area contributed by atoms with Gasteiger partial charge in [0.25, 0.3) is 5.56 Å². The van der Waals surface area contributed by atoms with Gasteiger partial charge in [-0.25, -0.2) is 34.7 Å². The second-order valence-corrected chi connectivity index (χ2v) is 9.36. The number of aromatic nitrogens is 8. The van der Waals surface area contributed by atoms with Crippen molar-refractivity contribution in [3.63, 3.8) is 0 Å². The number of aryl methyl sites for hydroxylation is 1. The van der Waals surface area contributed by atoms with Crippen LogP contribution in [0, 0.1) is 0 Å². The molecule has 5 heterocycles. The van der Waals surface area contributed by atoms with Crippen LogP contribution >= 0.6 is 0 Å². The number of hydrogen-bond donors (Lipinski definition) is 0. The molecule has 37 heavy (non-hydrogen) atoms. The van der Waals surface area contributed by atoms with Crippen LogP contribution in [0.15, 0.2) is 45.6 Å². The molecule has 1 fully saturated rings. The Balaban J connectivity index is 1.46. The summed E-state index contributed by atoms with van der Waals surface area (Å²) in [4.78, 5) is 54.7. The minimum atomic E-state index is -0.416. The summed E-state index contributed by atoms with van der Waals surface area (Å²) in [5, 5.41) is 0. The number of aliphatic imine (C=N–C) groups is 1. The van der Waals surface area contributed by atoms with Crippen molar-refractivity contribution in [1.29, 1.82) is 0 Å². The van der Waals surface area contributed by atoms with Gasteiger partial charge >= 0.3 is 5.69 Å². The Kier molecular flexibility index (Phi) is 6.40. The van der Waals surface area contributed by atoms with E-state index >= 15 is 0 Å². The standard InChI is InChI=1S/C25H30N10O2/c1-6-18(16(3)35-14-29-22-20(35)23(36)33(5)25(37)32(22)4)30-19-9-10-26-21(31-19)17-12-27-24(28-13-17)34-11-7-8-15(34)2/h9-10,12-16H,6-8,11H2,1-5H3. The molecule has 0 amide bonds. The summed E-state index contributed by atoms with van der Waals surface area (Å²) in [7, 11) is 3.07. The molecule has 5 rings (SSSR count). The van der Waals surface area contributed by atoms with Crippen LogP contribution in [0.3, 0.4) is 0 Å². The predicted octanol–water partition coefficient (Wildman–Crippen LogP) is 2.41. The van der Waals surface area contributed by atoms with E-state index in [4.69, 9.17) is 4.99 Å². The maximum Gasteiger partial charge on any atom is 0.332 e. The summed E-state index contributed by atoms with van der Waals surface area (Å²) in [6.45, 7) is 7.10. The van der Waals surface area contributed by atoms with Crippen molar-refractivity contribution in [2.24, 2.45) is 19.1 Å². The minimum absolute atomic E-state index is 0.288. The Morgan fingerprint density at radius 1 is 1.14 bits per heavy atom. The molecular weight excluding hydrogens is 472 g/mol. The molecule has 0 N–H and O–H groups in total. The second kappa shape index (κ2) is 9.68. The lowest BCUT2D eigenvalue weighted by atomic mass is 10.1. The van der Waals surface area contributed by atoms with Crippen molar-refractivity contribution in [2.45, 2.75) is 52.1 Å². The third-order valence-electron chi connectivity index (χ3n) is 7.04. The van der Waals surface area contributed by atoms with Crippen molar-refractivity contribution < 1.29 is 0 Å². The molecule has 1 aliphatic rings.